The maximum absolute atomic E-state index is 9.52. The summed E-state index contributed by atoms with van der Waals surface area (Å²) in [5.41, 5.74) is 0. The largest absolute Gasteiger partial charge is 0.508 e. The number of thiophene rings is 1. The molecule has 0 unspecified atom stereocenters. The highest BCUT2D eigenvalue weighted by Crippen LogP contribution is 2.40. The first kappa shape index (κ1) is 9.68. The molecule has 14 heavy (non-hydrogen) atoms. The molecular weight excluding hydrogens is 216 g/mol. The smallest absolute Gasteiger partial charge is 0.137 e. The van der Waals surface area contributed by atoms with Gasteiger partial charge in [0, 0.05) is 15.7 Å². The third-order valence-electron chi connectivity index (χ3n) is 2.03. The van der Waals surface area contributed by atoms with E-state index >= 15 is 0 Å². The fourth-order valence-corrected chi connectivity index (χ4v) is 3.22. The molecule has 0 amide bonds. The minimum Gasteiger partial charge on any atom is -0.508 e. The normalized spacial score (nSPS) is 10.7. The highest BCUT2D eigenvalue weighted by Gasteiger charge is 2.09. The van der Waals surface area contributed by atoms with Crippen LogP contribution in [0.5, 0.6) is 11.5 Å². The lowest BCUT2D eigenvalue weighted by molar-refractivity contribution is 0.421. The summed E-state index contributed by atoms with van der Waals surface area (Å²) in [5, 5.41) is 12.5. The molecule has 74 valence electrons. The molecule has 0 spiro atoms. The van der Waals surface area contributed by atoms with Gasteiger partial charge in [0.25, 0.3) is 0 Å². The topological polar surface area (TPSA) is 29.5 Å². The van der Waals surface area contributed by atoms with Gasteiger partial charge < -0.3 is 9.84 Å². The second-order valence-corrected chi connectivity index (χ2v) is 4.56. The van der Waals surface area contributed by atoms with E-state index in [9.17, 15) is 5.11 Å². The Labute approximate surface area is 90.5 Å². The SMILES string of the molecule is COc1csc2c(SC)cc(O)cc12. The third-order valence-corrected chi connectivity index (χ3v) is 3.93. The predicted molar refractivity (Wildman–Crippen MR) is 61.8 cm³/mol. The summed E-state index contributed by atoms with van der Waals surface area (Å²) in [6.45, 7) is 0. The minimum absolute atomic E-state index is 0.290. The van der Waals surface area contributed by atoms with Crippen LogP contribution in [0.15, 0.2) is 22.4 Å². The van der Waals surface area contributed by atoms with Gasteiger partial charge in [0.15, 0.2) is 0 Å². The first-order valence-corrected chi connectivity index (χ1v) is 6.19. The Hall–Kier alpha value is -0.870. The Kier molecular flexibility index (Phi) is 2.56. The Morgan fingerprint density at radius 3 is 2.86 bits per heavy atom. The number of aromatic hydroxyl groups is 1. The van der Waals surface area contributed by atoms with E-state index in [-0.39, 0.29) is 0 Å². The van der Waals surface area contributed by atoms with Gasteiger partial charge in [-0.15, -0.1) is 23.1 Å². The molecule has 0 radical (unpaired) electrons. The Morgan fingerprint density at radius 1 is 1.43 bits per heavy atom. The highest BCUT2D eigenvalue weighted by molar-refractivity contribution is 7.99. The number of fused-ring (bicyclic) bond motifs is 1. The van der Waals surface area contributed by atoms with Crippen molar-refractivity contribution in [1.29, 1.82) is 0 Å². The van der Waals surface area contributed by atoms with Crippen LogP contribution in [0.4, 0.5) is 0 Å². The van der Waals surface area contributed by atoms with E-state index < -0.39 is 0 Å². The monoisotopic (exact) mass is 226 g/mol. The van der Waals surface area contributed by atoms with Gasteiger partial charge >= 0.3 is 0 Å². The molecular formula is C10H10O2S2. The highest BCUT2D eigenvalue weighted by atomic mass is 32.2. The van der Waals surface area contributed by atoms with Gasteiger partial charge in [0.05, 0.1) is 11.8 Å². The van der Waals surface area contributed by atoms with Crippen molar-refractivity contribution in [3.05, 3.63) is 17.5 Å². The van der Waals surface area contributed by atoms with E-state index in [2.05, 4.69) is 0 Å². The van der Waals surface area contributed by atoms with Crippen molar-refractivity contribution in [2.45, 2.75) is 4.90 Å². The van der Waals surface area contributed by atoms with Gasteiger partial charge in [0.2, 0.25) is 0 Å². The minimum atomic E-state index is 0.290. The summed E-state index contributed by atoms with van der Waals surface area (Å²) < 4.78 is 6.39. The Morgan fingerprint density at radius 2 is 2.21 bits per heavy atom. The van der Waals surface area contributed by atoms with Crippen molar-refractivity contribution in [2.24, 2.45) is 0 Å². The lowest BCUT2D eigenvalue weighted by atomic mass is 10.2. The van der Waals surface area contributed by atoms with Crippen molar-refractivity contribution in [3.63, 3.8) is 0 Å². The number of hydrogen-bond donors (Lipinski definition) is 1. The standard InChI is InChI=1S/C10H10O2S2/c1-12-8-5-14-10-7(8)3-6(11)4-9(10)13-2/h3-5,11H,1-2H3. The van der Waals surface area contributed by atoms with Crippen molar-refractivity contribution < 1.29 is 9.84 Å². The average molecular weight is 226 g/mol. The maximum atomic E-state index is 9.52. The van der Waals surface area contributed by atoms with Crippen LogP contribution in [0.2, 0.25) is 0 Å². The number of methoxy groups -OCH3 is 1. The molecule has 1 aromatic carbocycles. The molecule has 0 aliphatic rings. The molecule has 2 aromatic rings. The molecule has 2 rings (SSSR count). The van der Waals surface area contributed by atoms with Crippen LogP contribution in [0.3, 0.4) is 0 Å². The van der Waals surface area contributed by atoms with Crippen LogP contribution in [0, 0.1) is 0 Å². The summed E-state index contributed by atoms with van der Waals surface area (Å²) in [4.78, 5) is 1.09. The van der Waals surface area contributed by atoms with Crippen LogP contribution < -0.4 is 4.74 Å². The van der Waals surface area contributed by atoms with E-state index in [0.717, 1.165) is 16.0 Å². The summed E-state index contributed by atoms with van der Waals surface area (Å²) in [6.07, 6.45) is 2.00. The number of phenols is 1. The zero-order valence-electron chi connectivity index (χ0n) is 7.90. The first-order valence-electron chi connectivity index (χ1n) is 4.08. The number of ether oxygens (including phenoxy) is 1. The number of hydrogen-bond acceptors (Lipinski definition) is 4. The van der Waals surface area contributed by atoms with Gasteiger partial charge in [-0.1, -0.05) is 0 Å². The lowest BCUT2D eigenvalue weighted by Gasteiger charge is -2.01. The second kappa shape index (κ2) is 3.71. The number of benzene rings is 1. The number of rotatable bonds is 2. The molecule has 4 heteroatoms. The average Bonchev–Trinajstić information content (AvgIpc) is 2.59. The molecule has 0 saturated heterocycles. The van der Waals surface area contributed by atoms with Gasteiger partial charge in [-0.25, -0.2) is 0 Å². The number of phenolic OH excluding ortho intramolecular Hbond substituents is 1. The van der Waals surface area contributed by atoms with E-state index in [1.165, 1.54) is 4.70 Å². The summed E-state index contributed by atoms with van der Waals surface area (Å²) in [6, 6.07) is 3.52. The van der Waals surface area contributed by atoms with Crippen LogP contribution in [0.1, 0.15) is 0 Å². The fraction of sp³-hybridized carbons (Fsp3) is 0.200. The first-order chi connectivity index (χ1) is 6.76. The summed E-state index contributed by atoms with van der Waals surface area (Å²) in [5.74, 6) is 1.12. The number of thioether (sulfide) groups is 1. The van der Waals surface area contributed by atoms with Crippen LogP contribution in [-0.4, -0.2) is 18.5 Å². The molecule has 0 bridgehead atoms. The zero-order valence-corrected chi connectivity index (χ0v) is 9.54. The van der Waals surface area contributed by atoms with Crippen LogP contribution in [-0.2, 0) is 0 Å². The van der Waals surface area contributed by atoms with E-state index in [1.54, 1.807) is 42.3 Å². The van der Waals surface area contributed by atoms with Gasteiger partial charge in [0.1, 0.15) is 11.5 Å². The van der Waals surface area contributed by atoms with Gasteiger partial charge in [-0.3, -0.25) is 0 Å². The lowest BCUT2D eigenvalue weighted by Crippen LogP contribution is -1.79. The van der Waals surface area contributed by atoms with E-state index in [4.69, 9.17) is 4.74 Å². The molecule has 1 aromatic heterocycles. The van der Waals surface area contributed by atoms with Crippen molar-refractivity contribution >= 4 is 33.2 Å². The molecule has 1 N–H and O–H groups in total. The molecule has 0 fully saturated rings. The second-order valence-electron chi connectivity index (χ2n) is 2.83. The molecule has 0 atom stereocenters. The van der Waals surface area contributed by atoms with Crippen molar-refractivity contribution in [2.75, 3.05) is 13.4 Å². The Bertz CT molecular complexity index is 462. The van der Waals surface area contributed by atoms with Crippen molar-refractivity contribution in [1.82, 2.24) is 0 Å². The molecule has 0 aliphatic heterocycles. The van der Waals surface area contributed by atoms with Crippen LogP contribution in [0.25, 0.3) is 10.1 Å². The summed E-state index contributed by atoms with van der Waals surface area (Å²) in [7, 11) is 1.64. The third kappa shape index (κ3) is 1.44. The predicted octanol–water partition coefficient (Wildman–Crippen LogP) is 3.34. The molecule has 0 aliphatic carbocycles. The van der Waals surface area contributed by atoms with E-state index in [1.807, 2.05) is 11.6 Å². The maximum Gasteiger partial charge on any atom is 0.137 e. The van der Waals surface area contributed by atoms with Gasteiger partial charge in [-0.05, 0) is 18.4 Å². The Balaban J connectivity index is 2.76. The fourth-order valence-electron chi connectivity index (χ4n) is 1.38. The summed E-state index contributed by atoms with van der Waals surface area (Å²) >= 11 is 3.27. The van der Waals surface area contributed by atoms with Crippen LogP contribution >= 0.6 is 23.1 Å². The van der Waals surface area contributed by atoms with E-state index in [0.29, 0.717) is 5.75 Å². The molecule has 0 saturated carbocycles. The zero-order chi connectivity index (χ0) is 10.1. The van der Waals surface area contributed by atoms with Crippen molar-refractivity contribution in [3.8, 4) is 11.5 Å². The molecule has 1 heterocycles. The molecule has 2 nitrogen and oxygen atoms in total. The quantitative estimate of drug-likeness (QED) is 0.796. The van der Waals surface area contributed by atoms with Gasteiger partial charge in [-0.2, -0.15) is 0 Å².